The minimum atomic E-state index is -0.618. The number of ether oxygens (including phenoxy) is 1. The third kappa shape index (κ3) is 1.90. The Kier molecular flexibility index (Phi) is 2.65. The predicted molar refractivity (Wildman–Crippen MR) is 63.1 cm³/mol. The van der Waals surface area contributed by atoms with Crippen LogP contribution in [0.4, 0.5) is 0 Å². The van der Waals surface area contributed by atoms with E-state index in [2.05, 4.69) is 5.32 Å². The van der Waals surface area contributed by atoms with Crippen LogP contribution in [0, 0.1) is 0 Å². The molecular weight excluding hydrogens is 218 g/mol. The molecule has 1 aliphatic rings. The lowest BCUT2D eigenvalue weighted by Gasteiger charge is -2.25. The molecule has 0 heterocycles. The second kappa shape index (κ2) is 3.87. The average Bonchev–Trinajstić information content (AvgIpc) is 2.49. The molecule has 0 saturated carbocycles. The quantitative estimate of drug-likeness (QED) is 0.844. The van der Waals surface area contributed by atoms with Gasteiger partial charge in [0.1, 0.15) is 5.75 Å². The number of carbonyl (C=O) groups excluding carboxylic acids is 2. The number of hydrogen-bond donors (Lipinski definition) is 1. The lowest BCUT2D eigenvalue weighted by Crippen LogP contribution is -2.40. The highest BCUT2D eigenvalue weighted by Crippen LogP contribution is 2.38. The molecule has 1 N–H and O–H groups in total. The average molecular weight is 233 g/mol. The summed E-state index contributed by atoms with van der Waals surface area (Å²) in [6, 6.07) is 5.33. The smallest absolute Gasteiger partial charge is 0.217 e. The number of rotatable bonds is 2. The zero-order valence-electron chi connectivity index (χ0n) is 10.2. The highest BCUT2D eigenvalue weighted by molar-refractivity contribution is 6.02. The Morgan fingerprint density at radius 2 is 2.18 bits per heavy atom. The van der Waals surface area contributed by atoms with E-state index in [1.165, 1.54) is 6.92 Å². The first kappa shape index (κ1) is 11.6. The molecule has 0 aromatic heterocycles. The SMILES string of the molecule is COc1ccc2c(c1)C(C)(NC(C)=O)CC2=O. The van der Waals surface area contributed by atoms with Gasteiger partial charge < -0.3 is 10.1 Å². The molecule has 1 aromatic carbocycles. The Balaban J connectivity index is 2.50. The van der Waals surface area contributed by atoms with Gasteiger partial charge in [-0.25, -0.2) is 0 Å². The van der Waals surface area contributed by atoms with Crippen LogP contribution in [0.2, 0.25) is 0 Å². The fourth-order valence-electron chi connectivity index (χ4n) is 2.36. The normalized spacial score (nSPS) is 22.2. The molecule has 0 spiro atoms. The van der Waals surface area contributed by atoms with E-state index in [1.807, 2.05) is 13.0 Å². The molecule has 0 fully saturated rings. The molecule has 1 unspecified atom stereocenters. The second-order valence-electron chi connectivity index (χ2n) is 4.52. The van der Waals surface area contributed by atoms with Crippen LogP contribution in [0.5, 0.6) is 5.75 Å². The molecule has 90 valence electrons. The summed E-state index contributed by atoms with van der Waals surface area (Å²) >= 11 is 0. The van der Waals surface area contributed by atoms with Crippen molar-refractivity contribution in [2.45, 2.75) is 25.8 Å². The van der Waals surface area contributed by atoms with Crippen LogP contribution in [0.25, 0.3) is 0 Å². The third-order valence-electron chi connectivity index (χ3n) is 3.09. The van der Waals surface area contributed by atoms with Crippen LogP contribution >= 0.6 is 0 Å². The topological polar surface area (TPSA) is 55.4 Å². The lowest BCUT2D eigenvalue weighted by molar-refractivity contribution is -0.120. The zero-order valence-corrected chi connectivity index (χ0v) is 10.2. The van der Waals surface area contributed by atoms with Crippen molar-refractivity contribution in [3.8, 4) is 5.75 Å². The number of hydrogen-bond acceptors (Lipinski definition) is 3. The summed E-state index contributed by atoms with van der Waals surface area (Å²) in [6.45, 7) is 3.31. The van der Waals surface area contributed by atoms with E-state index in [-0.39, 0.29) is 11.7 Å². The van der Waals surface area contributed by atoms with E-state index >= 15 is 0 Å². The molecule has 2 rings (SSSR count). The largest absolute Gasteiger partial charge is 0.497 e. The Bertz CT molecular complexity index is 491. The number of nitrogens with one attached hydrogen (secondary N) is 1. The molecule has 0 radical (unpaired) electrons. The summed E-state index contributed by atoms with van der Waals surface area (Å²) in [7, 11) is 1.58. The Morgan fingerprint density at radius 1 is 1.47 bits per heavy atom. The van der Waals surface area contributed by atoms with Crippen molar-refractivity contribution in [3.05, 3.63) is 29.3 Å². The molecule has 1 aromatic rings. The van der Waals surface area contributed by atoms with Gasteiger partial charge in [0.05, 0.1) is 12.6 Å². The maximum Gasteiger partial charge on any atom is 0.217 e. The van der Waals surface area contributed by atoms with Crippen LogP contribution in [-0.2, 0) is 10.3 Å². The summed E-state index contributed by atoms with van der Waals surface area (Å²) in [4.78, 5) is 23.1. The standard InChI is InChI=1S/C13H15NO3/c1-8(15)14-13(2)7-12(16)10-5-4-9(17-3)6-11(10)13/h4-6H,7H2,1-3H3,(H,14,15). The molecule has 4 heteroatoms. The van der Waals surface area contributed by atoms with Crippen LogP contribution in [0.1, 0.15) is 36.2 Å². The van der Waals surface area contributed by atoms with Gasteiger partial charge >= 0.3 is 0 Å². The van der Waals surface area contributed by atoms with Gasteiger partial charge in [0.15, 0.2) is 5.78 Å². The van der Waals surface area contributed by atoms with Crippen LogP contribution in [0.3, 0.4) is 0 Å². The third-order valence-corrected chi connectivity index (χ3v) is 3.09. The maximum absolute atomic E-state index is 11.9. The first-order chi connectivity index (χ1) is 7.96. The number of benzene rings is 1. The van der Waals surface area contributed by atoms with Gasteiger partial charge in [-0.15, -0.1) is 0 Å². The summed E-state index contributed by atoms with van der Waals surface area (Å²) in [6.07, 6.45) is 0.301. The number of carbonyl (C=O) groups is 2. The molecule has 17 heavy (non-hydrogen) atoms. The fourth-order valence-corrected chi connectivity index (χ4v) is 2.36. The second-order valence-corrected chi connectivity index (χ2v) is 4.52. The summed E-state index contributed by atoms with van der Waals surface area (Å²) in [5.41, 5.74) is 0.881. The van der Waals surface area contributed by atoms with Crippen molar-refractivity contribution in [2.24, 2.45) is 0 Å². The number of Topliss-reactive ketones (excluding diaryl/α,β-unsaturated/α-hetero) is 1. The van der Waals surface area contributed by atoms with Gasteiger partial charge in [-0.3, -0.25) is 9.59 Å². The van der Waals surface area contributed by atoms with E-state index in [9.17, 15) is 9.59 Å². The molecule has 1 atom stereocenters. The van der Waals surface area contributed by atoms with Crippen molar-refractivity contribution in [3.63, 3.8) is 0 Å². The molecule has 4 nitrogen and oxygen atoms in total. The monoisotopic (exact) mass is 233 g/mol. The fraction of sp³-hybridized carbons (Fsp3) is 0.385. The van der Waals surface area contributed by atoms with Crippen molar-refractivity contribution < 1.29 is 14.3 Å². The van der Waals surface area contributed by atoms with E-state index in [0.29, 0.717) is 17.7 Å². The molecule has 0 aliphatic heterocycles. The number of fused-ring (bicyclic) bond motifs is 1. The first-order valence-electron chi connectivity index (χ1n) is 5.47. The highest BCUT2D eigenvalue weighted by Gasteiger charge is 2.40. The van der Waals surface area contributed by atoms with Gasteiger partial charge in [-0.2, -0.15) is 0 Å². The number of amides is 1. The first-order valence-corrected chi connectivity index (χ1v) is 5.47. The Hall–Kier alpha value is -1.84. The van der Waals surface area contributed by atoms with Crippen LogP contribution < -0.4 is 10.1 Å². The lowest BCUT2D eigenvalue weighted by atomic mass is 9.94. The number of methoxy groups -OCH3 is 1. The molecule has 1 aliphatic carbocycles. The summed E-state index contributed by atoms with van der Waals surface area (Å²) < 4.78 is 5.15. The molecule has 1 amide bonds. The van der Waals surface area contributed by atoms with Crippen molar-refractivity contribution >= 4 is 11.7 Å². The van der Waals surface area contributed by atoms with E-state index in [4.69, 9.17) is 4.74 Å². The molecular formula is C13H15NO3. The van der Waals surface area contributed by atoms with Crippen molar-refractivity contribution in [2.75, 3.05) is 7.11 Å². The minimum absolute atomic E-state index is 0.0545. The summed E-state index contributed by atoms with van der Waals surface area (Å²) in [5.74, 6) is 0.602. The molecule has 0 saturated heterocycles. The van der Waals surface area contributed by atoms with E-state index < -0.39 is 5.54 Å². The van der Waals surface area contributed by atoms with E-state index in [1.54, 1.807) is 19.2 Å². The summed E-state index contributed by atoms with van der Waals surface area (Å²) in [5, 5.41) is 2.84. The van der Waals surface area contributed by atoms with Crippen molar-refractivity contribution in [1.29, 1.82) is 0 Å². The van der Waals surface area contributed by atoms with Gasteiger partial charge in [-0.1, -0.05) is 0 Å². The number of ketones is 1. The zero-order chi connectivity index (χ0) is 12.6. The Labute approximate surface area is 100.0 Å². The van der Waals surface area contributed by atoms with Crippen molar-refractivity contribution in [1.82, 2.24) is 5.32 Å². The maximum atomic E-state index is 11.9. The Morgan fingerprint density at radius 3 is 2.76 bits per heavy atom. The van der Waals surface area contributed by atoms with E-state index in [0.717, 1.165) is 5.56 Å². The molecule has 0 bridgehead atoms. The van der Waals surface area contributed by atoms with Gasteiger partial charge in [-0.05, 0) is 30.7 Å². The highest BCUT2D eigenvalue weighted by atomic mass is 16.5. The predicted octanol–water partition coefficient (Wildman–Crippen LogP) is 1.63. The minimum Gasteiger partial charge on any atom is -0.497 e. The van der Waals surface area contributed by atoms with Gasteiger partial charge in [0.2, 0.25) is 5.91 Å². The van der Waals surface area contributed by atoms with Gasteiger partial charge in [0.25, 0.3) is 0 Å². The van der Waals surface area contributed by atoms with Crippen LogP contribution in [0.15, 0.2) is 18.2 Å². The van der Waals surface area contributed by atoms with Crippen LogP contribution in [-0.4, -0.2) is 18.8 Å². The van der Waals surface area contributed by atoms with Gasteiger partial charge in [0, 0.05) is 18.9 Å².